The van der Waals surface area contributed by atoms with Crippen molar-refractivity contribution in [3.63, 3.8) is 0 Å². The first-order valence-electron chi connectivity index (χ1n) is 5.63. The molecule has 0 spiro atoms. The van der Waals surface area contributed by atoms with Crippen molar-refractivity contribution in [3.8, 4) is 0 Å². The molecular weight excluding hydrogens is 204 g/mol. The summed E-state index contributed by atoms with van der Waals surface area (Å²) in [6.45, 7) is 4.62. The van der Waals surface area contributed by atoms with Crippen molar-refractivity contribution in [1.82, 2.24) is 9.97 Å². The Morgan fingerprint density at radius 3 is 2.81 bits per heavy atom. The highest BCUT2D eigenvalue weighted by atomic mass is 16.1. The first kappa shape index (κ1) is 11.1. The van der Waals surface area contributed by atoms with E-state index in [0.717, 1.165) is 25.9 Å². The predicted octanol–water partition coefficient (Wildman–Crippen LogP) is 0.335. The van der Waals surface area contributed by atoms with Crippen LogP contribution in [0.4, 0.5) is 5.82 Å². The van der Waals surface area contributed by atoms with Crippen molar-refractivity contribution < 1.29 is 0 Å². The zero-order chi connectivity index (χ0) is 11.6. The molecule has 1 aromatic rings. The van der Waals surface area contributed by atoms with Gasteiger partial charge in [-0.3, -0.25) is 4.79 Å². The van der Waals surface area contributed by atoms with Crippen LogP contribution in [0.5, 0.6) is 0 Å². The van der Waals surface area contributed by atoms with Crippen molar-refractivity contribution in [2.75, 3.05) is 24.5 Å². The van der Waals surface area contributed by atoms with Crippen molar-refractivity contribution >= 4 is 5.82 Å². The molecule has 0 saturated carbocycles. The Bertz CT molecular complexity index is 406. The van der Waals surface area contributed by atoms with Crippen LogP contribution >= 0.6 is 0 Å². The summed E-state index contributed by atoms with van der Waals surface area (Å²) < 4.78 is 0. The summed E-state index contributed by atoms with van der Waals surface area (Å²) in [5.41, 5.74) is 5.86. The zero-order valence-corrected chi connectivity index (χ0v) is 9.57. The van der Waals surface area contributed by atoms with Gasteiger partial charge < -0.3 is 15.6 Å². The van der Waals surface area contributed by atoms with Crippen LogP contribution in [0.3, 0.4) is 0 Å². The second kappa shape index (κ2) is 4.25. The van der Waals surface area contributed by atoms with E-state index in [-0.39, 0.29) is 11.0 Å². The summed E-state index contributed by atoms with van der Waals surface area (Å²) in [6.07, 6.45) is 5.20. The number of anilines is 1. The van der Waals surface area contributed by atoms with E-state index < -0.39 is 0 Å². The van der Waals surface area contributed by atoms with Crippen LogP contribution in [-0.2, 0) is 0 Å². The summed E-state index contributed by atoms with van der Waals surface area (Å²) >= 11 is 0. The van der Waals surface area contributed by atoms with E-state index >= 15 is 0 Å². The van der Waals surface area contributed by atoms with Crippen LogP contribution < -0.4 is 16.2 Å². The highest BCUT2D eigenvalue weighted by Gasteiger charge is 2.29. The SMILES string of the molecule is CC1(CN)CCN(c2ncc[nH]c2=O)CC1. The number of hydrogen-bond acceptors (Lipinski definition) is 4. The first-order valence-corrected chi connectivity index (χ1v) is 5.63. The van der Waals surface area contributed by atoms with Gasteiger partial charge in [-0.05, 0) is 24.8 Å². The van der Waals surface area contributed by atoms with Gasteiger partial charge in [0.1, 0.15) is 0 Å². The van der Waals surface area contributed by atoms with Crippen molar-refractivity contribution in [2.24, 2.45) is 11.1 Å². The Morgan fingerprint density at radius 1 is 1.56 bits per heavy atom. The van der Waals surface area contributed by atoms with Gasteiger partial charge in [0.2, 0.25) is 0 Å². The van der Waals surface area contributed by atoms with Crippen molar-refractivity contribution in [3.05, 3.63) is 22.7 Å². The number of H-pyrrole nitrogens is 1. The molecule has 0 amide bonds. The Labute approximate surface area is 94.7 Å². The first-order chi connectivity index (χ1) is 7.64. The molecule has 1 aromatic heterocycles. The molecule has 1 saturated heterocycles. The van der Waals surface area contributed by atoms with Gasteiger partial charge in [-0.15, -0.1) is 0 Å². The van der Waals surface area contributed by atoms with Gasteiger partial charge in [0, 0.05) is 25.5 Å². The topological polar surface area (TPSA) is 75.0 Å². The molecule has 0 unspecified atom stereocenters. The third-order valence-electron chi connectivity index (χ3n) is 3.45. The standard InChI is InChI=1S/C11H18N4O/c1-11(8-12)2-6-15(7-3-11)9-10(16)14-5-4-13-9/h4-5H,2-3,6-8,12H2,1H3,(H,14,16). The molecular formula is C11H18N4O. The molecule has 1 fully saturated rings. The van der Waals surface area contributed by atoms with Crippen LogP contribution in [0.1, 0.15) is 19.8 Å². The molecule has 0 atom stereocenters. The minimum atomic E-state index is -0.112. The fourth-order valence-electron chi connectivity index (χ4n) is 2.03. The van der Waals surface area contributed by atoms with Crippen molar-refractivity contribution in [1.29, 1.82) is 0 Å². The van der Waals surface area contributed by atoms with Crippen molar-refractivity contribution in [2.45, 2.75) is 19.8 Å². The molecule has 3 N–H and O–H groups in total. The van der Waals surface area contributed by atoms with E-state index in [1.807, 2.05) is 4.90 Å². The largest absolute Gasteiger partial charge is 0.352 e. The van der Waals surface area contributed by atoms with E-state index in [0.29, 0.717) is 12.4 Å². The maximum absolute atomic E-state index is 11.6. The molecule has 5 nitrogen and oxygen atoms in total. The summed E-state index contributed by atoms with van der Waals surface area (Å²) in [4.78, 5) is 20.4. The van der Waals surface area contributed by atoms with E-state index in [2.05, 4.69) is 16.9 Å². The molecule has 2 rings (SSSR count). The molecule has 0 bridgehead atoms. The monoisotopic (exact) mass is 222 g/mol. The summed E-state index contributed by atoms with van der Waals surface area (Å²) in [5.74, 6) is 0.529. The lowest BCUT2D eigenvalue weighted by Crippen LogP contribution is -2.44. The maximum Gasteiger partial charge on any atom is 0.290 e. The molecule has 2 heterocycles. The van der Waals surface area contributed by atoms with Crippen LogP contribution in [0, 0.1) is 5.41 Å². The Balaban J connectivity index is 2.11. The normalized spacial score (nSPS) is 19.8. The Kier molecular flexibility index (Phi) is 2.96. The van der Waals surface area contributed by atoms with Gasteiger partial charge in [0.15, 0.2) is 5.82 Å². The quantitative estimate of drug-likeness (QED) is 0.756. The van der Waals surface area contributed by atoms with Crippen LogP contribution in [0.15, 0.2) is 17.2 Å². The zero-order valence-electron chi connectivity index (χ0n) is 9.57. The number of piperidine rings is 1. The third kappa shape index (κ3) is 2.09. The minimum Gasteiger partial charge on any atom is -0.352 e. The van der Waals surface area contributed by atoms with Crippen LogP contribution in [0.2, 0.25) is 0 Å². The molecule has 1 aliphatic rings. The molecule has 16 heavy (non-hydrogen) atoms. The second-order valence-corrected chi connectivity index (χ2v) is 4.74. The van der Waals surface area contributed by atoms with Gasteiger partial charge in [-0.1, -0.05) is 6.92 Å². The van der Waals surface area contributed by atoms with Gasteiger partial charge in [-0.25, -0.2) is 4.98 Å². The summed E-state index contributed by atoms with van der Waals surface area (Å²) in [7, 11) is 0. The van der Waals surface area contributed by atoms with Gasteiger partial charge in [0.25, 0.3) is 5.56 Å². The lowest BCUT2D eigenvalue weighted by Gasteiger charge is -2.38. The highest BCUT2D eigenvalue weighted by molar-refractivity contribution is 5.35. The smallest absolute Gasteiger partial charge is 0.290 e. The lowest BCUT2D eigenvalue weighted by atomic mass is 9.80. The summed E-state index contributed by atoms with van der Waals surface area (Å²) in [6, 6.07) is 0. The molecule has 5 heteroatoms. The minimum absolute atomic E-state index is 0.112. The van der Waals surface area contributed by atoms with E-state index in [9.17, 15) is 4.79 Å². The third-order valence-corrected chi connectivity index (χ3v) is 3.45. The van der Waals surface area contributed by atoms with E-state index in [1.165, 1.54) is 0 Å². The predicted molar refractivity (Wildman–Crippen MR) is 63.5 cm³/mol. The second-order valence-electron chi connectivity index (χ2n) is 4.74. The molecule has 0 aliphatic carbocycles. The van der Waals surface area contributed by atoms with E-state index in [1.54, 1.807) is 12.4 Å². The fraction of sp³-hybridized carbons (Fsp3) is 0.636. The molecule has 0 radical (unpaired) electrons. The number of hydrogen-bond donors (Lipinski definition) is 2. The molecule has 0 aromatic carbocycles. The lowest BCUT2D eigenvalue weighted by molar-refractivity contribution is 0.257. The average molecular weight is 222 g/mol. The van der Waals surface area contributed by atoms with E-state index in [4.69, 9.17) is 5.73 Å². The number of nitrogens with two attached hydrogens (primary N) is 1. The van der Waals surface area contributed by atoms with Crippen LogP contribution in [0.25, 0.3) is 0 Å². The van der Waals surface area contributed by atoms with Crippen LogP contribution in [-0.4, -0.2) is 29.6 Å². The Hall–Kier alpha value is -1.36. The maximum atomic E-state index is 11.6. The highest BCUT2D eigenvalue weighted by Crippen LogP contribution is 2.30. The number of aromatic nitrogens is 2. The summed E-state index contributed by atoms with van der Waals surface area (Å²) in [5, 5.41) is 0. The fourth-order valence-corrected chi connectivity index (χ4v) is 2.03. The molecule has 1 aliphatic heterocycles. The average Bonchev–Trinajstić information content (AvgIpc) is 2.31. The van der Waals surface area contributed by atoms with Gasteiger partial charge in [0.05, 0.1) is 0 Å². The van der Waals surface area contributed by atoms with Gasteiger partial charge >= 0.3 is 0 Å². The van der Waals surface area contributed by atoms with Gasteiger partial charge in [-0.2, -0.15) is 0 Å². The number of aromatic amines is 1. The Morgan fingerprint density at radius 2 is 2.25 bits per heavy atom. The number of nitrogens with zero attached hydrogens (tertiary/aromatic N) is 2. The molecule has 88 valence electrons. The number of nitrogens with one attached hydrogen (secondary N) is 1. The number of rotatable bonds is 2.